The van der Waals surface area contributed by atoms with Gasteiger partial charge in [-0.25, -0.2) is 18.5 Å². The number of likely N-dealkylation sites (tertiary alicyclic amines) is 1. The van der Waals surface area contributed by atoms with Gasteiger partial charge in [0.05, 0.1) is 31.6 Å². The molecule has 0 radical (unpaired) electrons. The van der Waals surface area contributed by atoms with Crippen LogP contribution in [-0.2, 0) is 6.54 Å². The molecule has 1 unspecified atom stereocenters. The number of amides is 1. The lowest BCUT2D eigenvalue weighted by Crippen LogP contribution is -2.45. The molecule has 1 aliphatic carbocycles. The molecule has 6 nitrogen and oxygen atoms in total. The van der Waals surface area contributed by atoms with Crippen molar-refractivity contribution in [2.75, 3.05) is 26.2 Å². The highest BCUT2D eigenvalue weighted by Gasteiger charge is 2.72. The monoisotopic (exact) mass is 679 g/mol. The summed E-state index contributed by atoms with van der Waals surface area (Å²) in [6.07, 6.45) is 3.47. The fraction of sp³-hybridized carbons (Fsp3) is 0.371. The standard InChI is InChI=1S/C35H33Cl2F2N5OS/c1-23-5-7-24(8-6-23)9-11-26-12-14-30(46-26)32-27(20-42-18-15-34(22-42)21-35(34,38)39)31(33(45)41-43-16-3-2-4-17-43)40-44(32)29-13-10-25(36)19-28(29)37/h5-8,10,12-14,19H,2-4,15-18,20-22H2,1H3,(H,41,45). The highest BCUT2D eigenvalue weighted by atomic mass is 35.5. The molecule has 4 aromatic rings. The van der Waals surface area contributed by atoms with E-state index in [-0.39, 0.29) is 24.6 Å². The van der Waals surface area contributed by atoms with E-state index in [0.29, 0.717) is 46.5 Å². The minimum absolute atomic E-state index is 0.0841. The zero-order valence-electron chi connectivity index (χ0n) is 25.4. The summed E-state index contributed by atoms with van der Waals surface area (Å²) in [6.45, 7) is 4.65. The smallest absolute Gasteiger partial charge is 0.286 e. The maximum absolute atomic E-state index is 14.4. The lowest BCUT2D eigenvalue weighted by atomic mass is 10.1. The molecule has 238 valence electrons. The Labute approximate surface area is 281 Å². The third kappa shape index (κ3) is 6.22. The zero-order valence-corrected chi connectivity index (χ0v) is 27.7. The topological polar surface area (TPSA) is 53.4 Å². The molecule has 46 heavy (non-hydrogen) atoms. The Hall–Kier alpha value is -3.26. The van der Waals surface area contributed by atoms with Crippen LogP contribution in [0.4, 0.5) is 8.78 Å². The quantitative estimate of drug-likeness (QED) is 0.210. The van der Waals surface area contributed by atoms with Crippen LogP contribution in [0.3, 0.4) is 0 Å². The number of carbonyl (C=O) groups is 1. The molecule has 0 bridgehead atoms. The van der Waals surface area contributed by atoms with Gasteiger partial charge < -0.3 is 0 Å². The van der Waals surface area contributed by atoms with Crippen molar-refractivity contribution >= 4 is 40.4 Å². The maximum Gasteiger partial charge on any atom is 0.286 e. The second kappa shape index (κ2) is 12.4. The summed E-state index contributed by atoms with van der Waals surface area (Å²) in [5.41, 5.74) is 6.33. The lowest BCUT2D eigenvalue weighted by Gasteiger charge is -2.26. The van der Waals surface area contributed by atoms with Crippen LogP contribution in [0.15, 0.2) is 54.6 Å². The molecule has 2 aliphatic heterocycles. The summed E-state index contributed by atoms with van der Waals surface area (Å²) in [6, 6.07) is 17.1. The van der Waals surface area contributed by atoms with Gasteiger partial charge in [0.25, 0.3) is 11.8 Å². The van der Waals surface area contributed by atoms with Crippen LogP contribution in [0.1, 0.15) is 64.2 Å². The molecule has 2 saturated heterocycles. The minimum Gasteiger partial charge on any atom is -0.298 e. The van der Waals surface area contributed by atoms with Crippen molar-refractivity contribution in [3.05, 3.63) is 91.9 Å². The van der Waals surface area contributed by atoms with E-state index >= 15 is 0 Å². The third-order valence-electron chi connectivity index (χ3n) is 9.20. The molecule has 7 rings (SSSR count). The first kappa shape index (κ1) is 31.3. The molecule has 4 heterocycles. The van der Waals surface area contributed by atoms with Gasteiger partial charge in [-0.1, -0.05) is 59.2 Å². The second-order valence-corrected chi connectivity index (χ2v) is 14.5. The molecule has 1 atom stereocenters. The van der Waals surface area contributed by atoms with E-state index in [2.05, 4.69) is 17.3 Å². The predicted molar refractivity (Wildman–Crippen MR) is 179 cm³/mol. The van der Waals surface area contributed by atoms with Gasteiger partial charge in [-0.3, -0.25) is 15.1 Å². The Morgan fingerprint density at radius 1 is 1.02 bits per heavy atom. The van der Waals surface area contributed by atoms with E-state index < -0.39 is 11.3 Å². The summed E-state index contributed by atoms with van der Waals surface area (Å²) in [5, 5.41) is 7.68. The molecular weight excluding hydrogens is 647 g/mol. The van der Waals surface area contributed by atoms with Crippen molar-refractivity contribution < 1.29 is 13.6 Å². The number of aryl methyl sites for hydroxylation is 1. The van der Waals surface area contributed by atoms with E-state index in [1.54, 1.807) is 22.9 Å². The number of hydrogen-bond acceptors (Lipinski definition) is 5. The summed E-state index contributed by atoms with van der Waals surface area (Å²) in [5.74, 6) is 3.53. The third-order valence-corrected chi connectivity index (χ3v) is 10.7. The number of halogens is 4. The van der Waals surface area contributed by atoms with Crippen LogP contribution < -0.4 is 5.43 Å². The molecule has 1 saturated carbocycles. The minimum atomic E-state index is -2.64. The van der Waals surface area contributed by atoms with Crippen molar-refractivity contribution in [2.45, 2.75) is 51.5 Å². The van der Waals surface area contributed by atoms with Crippen LogP contribution in [0.25, 0.3) is 16.3 Å². The number of carbonyl (C=O) groups excluding carboxylic acids is 1. The molecule has 3 aliphatic rings. The highest BCUT2D eigenvalue weighted by molar-refractivity contribution is 7.16. The fourth-order valence-corrected chi connectivity index (χ4v) is 7.91. The Kier molecular flexibility index (Phi) is 8.45. The Bertz CT molecular complexity index is 1850. The molecule has 2 aromatic heterocycles. The fourth-order valence-electron chi connectivity index (χ4n) is 6.51. The number of thiophene rings is 1. The number of aromatic nitrogens is 2. The maximum atomic E-state index is 14.4. The van der Waals surface area contributed by atoms with Gasteiger partial charge in [0.15, 0.2) is 5.69 Å². The summed E-state index contributed by atoms with van der Waals surface area (Å²) in [7, 11) is 0. The summed E-state index contributed by atoms with van der Waals surface area (Å²) >= 11 is 14.5. The number of hydrogen-bond donors (Lipinski definition) is 1. The highest BCUT2D eigenvalue weighted by Crippen LogP contribution is 2.65. The molecule has 1 spiro atoms. The van der Waals surface area contributed by atoms with Crippen LogP contribution >= 0.6 is 34.5 Å². The number of rotatable bonds is 6. The molecule has 2 aromatic carbocycles. The predicted octanol–water partition coefficient (Wildman–Crippen LogP) is 7.98. The molecule has 1 amide bonds. The van der Waals surface area contributed by atoms with Gasteiger partial charge in [0.1, 0.15) is 0 Å². The number of nitrogens with one attached hydrogen (secondary N) is 1. The summed E-state index contributed by atoms with van der Waals surface area (Å²) < 4.78 is 30.5. The van der Waals surface area contributed by atoms with Crippen molar-refractivity contribution in [3.63, 3.8) is 0 Å². The van der Waals surface area contributed by atoms with Gasteiger partial charge in [-0.05, 0) is 75.2 Å². The van der Waals surface area contributed by atoms with Crippen LogP contribution in [0, 0.1) is 24.2 Å². The van der Waals surface area contributed by atoms with Crippen LogP contribution in [0.2, 0.25) is 10.0 Å². The van der Waals surface area contributed by atoms with E-state index in [0.717, 1.165) is 47.7 Å². The first-order valence-corrected chi connectivity index (χ1v) is 17.1. The SMILES string of the molecule is Cc1ccc(C#Cc2ccc(-c3c(CN4CCC5(C4)CC5(F)F)c(C(=O)NN4CCCCC4)nn3-c3ccc(Cl)cc3Cl)s2)cc1. The number of nitrogens with zero attached hydrogens (tertiary/aromatic N) is 4. The molecule has 1 N–H and O–H groups in total. The van der Waals surface area contributed by atoms with Gasteiger partial charge in [0.2, 0.25) is 0 Å². The first-order valence-electron chi connectivity index (χ1n) is 15.5. The number of alkyl halides is 2. The molecule has 3 fully saturated rings. The molecular formula is C35H33Cl2F2N5OS. The van der Waals surface area contributed by atoms with Gasteiger partial charge >= 0.3 is 0 Å². The zero-order chi connectivity index (χ0) is 32.1. The average molecular weight is 681 g/mol. The van der Waals surface area contributed by atoms with Crippen LogP contribution in [0.5, 0.6) is 0 Å². The van der Waals surface area contributed by atoms with Crippen molar-refractivity contribution in [1.82, 2.24) is 25.1 Å². The number of piperidine rings is 1. The number of benzene rings is 2. The summed E-state index contributed by atoms with van der Waals surface area (Å²) in [4.78, 5) is 17.7. The molecule has 11 heteroatoms. The Balaban J connectivity index is 1.32. The van der Waals surface area contributed by atoms with E-state index in [1.165, 1.54) is 16.9 Å². The Morgan fingerprint density at radius 2 is 1.78 bits per heavy atom. The van der Waals surface area contributed by atoms with Crippen molar-refractivity contribution in [3.8, 4) is 28.1 Å². The van der Waals surface area contributed by atoms with Gasteiger partial charge in [0, 0.05) is 48.7 Å². The van der Waals surface area contributed by atoms with E-state index in [4.69, 9.17) is 28.3 Å². The van der Waals surface area contributed by atoms with Crippen molar-refractivity contribution in [2.24, 2.45) is 5.41 Å². The van der Waals surface area contributed by atoms with E-state index in [1.807, 2.05) is 53.2 Å². The average Bonchev–Trinajstić information content (AvgIpc) is 3.51. The van der Waals surface area contributed by atoms with Gasteiger partial charge in [-0.15, -0.1) is 11.3 Å². The second-order valence-electron chi connectivity index (χ2n) is 12.6. The largest absolute Gasteiger partial charge is 0.298 e. The number of hydrazine groups is 1. The Morgan fingerprint density at radius 3 is 2.48 bits per heavy atom. The van der Waals surface area contributed by atoms with E-state index in [9.17, 15) is 13.6 Å². The van der Waals surface area contributed by atoms with Crippen LogP contribution in [-0.4, -0.2) is 57.7 Å². The normalized spacial score (nSPS) is 20.9. The van der Waals surface area contributed by atoms with Crippen molar-refractivity contribution in [1.29, 1.82) is 0 Å². The van der Waals surface area contributed by atoms with Gasteiger partial charge in [-0.2, -0.15) is 5.10 Å². The lowest BCUT2D eigenvalue weighted by molar-refractivity contribution is 0.0657. The first-order chi connectivity index (χ1) is 22.1.